The molecule has 0 aromatic heterocycles. The summed E-state index contributed by atoms with van der Waals surface area (Å²) in [4.78, 5) is 0. The molecule has 1 aromatic carbocycles. The highest BCUT2D eigenvalue weighted by molar-refractivity contribution is 5.40. The van der Waals surface area contributed by atoms with Gasteiger partial charge in [0.15, 0.2) is 0 Å². The van der Waals surface area contributed by atoms with E-state index in [-0.39, 0.29) is 5.92 Å². The van der Waals surface area contributed by atoms with Gasteiger partial charge in [0.25, 0.3) is 0 Å². The highest BCUT2D eigenvalue weighted by Gasteiger charge is 2.37. The maximum atomic E-state index is 12.7. The number of alkyl halides is 3. The van der Waals surface area contributed by atoms with Crippen LogP contribution in [0.3, 0.4) is 0 Å². The highest BCUT2D eigenvalue weighted by atomic mass is 19.4. The lowest BCUT2D eigenvalue weighted by Crippen LogP contribution is -2.09. The summed E-state index contributed by atoms with van der Waals surface area (Å²) in [6.45, 7) is 3.35. The van der Waals surface area contributed by atoms with Crippen molar-refractivity contribution < 1.29 is 13.2 Å². The Hall–Kier alpha value is -1.25. The first-order chi connectivity index (χ1) is 7.02. The molecule has 79 valence electrons. The maximum Gasteiger partial charge on any atom is 0.416 e. The highest BCUT2D eigenvalue weighted by Crippen LogP contribution is 2.45. The Morgan fingerprint density at radius 1 is 1.27 bits per heavy atom. The van der Waals surface area contributed by atoms with Crippen LogP contribution in [-0.2, 0) is 6.18 Å². The summed E-state index contributed by atoms with van der Waals surface area (Å²) in [5.74, 6) is 0.0977. The molecule has 3 heteroatoms. The summed E-state index contributed by atoms with van der Waals surface area (Å²) in [5.41, 5.74) is 0.284. The number of rotatable bonds is 2. The summed E-state index contributed by atoms with van der Waals surface area (Å²) >= 11 is 0. The van der Waals surface area contributed by atoms with Gasteiger partial charge in [0.05, 0.1) is 5.56 Å². The monoisotopic (exact) mass is 211 g/mol. The predicted molar refractivity (Wildman–Crippen MR) is 51.4 cm³/mol. The van der Waals surface area contributed by atoms with E-state index >= 15 is 0 Å². The minimum Gasteiger partial charge on any atom is -0.166 e. The van der Waals surface area contributed by atoms with Crippen molar-refractivity contribution in [3.8, 4) is 0 Å². The van der Waals surface area contributed by atoms with Gasteiger partial charge in [-0.05, 0) is 42.0 Å². The number of halogens is 3. The predicted octanol–water partition coefficient (Wildman–Crippen LogP) is 3.92. The normalized spacial score (nSPS) is 16.5. The fourth-order valence-electron chi connectivity index (χ4n) is 1.66. The molecule has 1 aliphatic carbocycles. The summed E-state index contributed by atoms with van der Waals surface area (Å²) in [6.07, 6.45) is -0.0744. The van der Waals surface area contributed by atoms with Crippen molar-refractivity contribution in [3.05, 3.63) is 47.5 Å². The Morgan fingerprint density at radius 3 is 2.40 bits per heavy atom. The third-order valence-electron chi connectivity index (χ3n) is 2.58. The molecular formula is C12H10F3. The molecule has 0 unspecified atom stereocenters. The minimum absolute atomic E-state index is 0.0977. The summed E-state index contributed by atoms with van der Waals surface area (Å²) in [7, 11) is 0. The Morgan fingerprint density at radius 2 is 1.93 bits per heavy atom. The van der Waals surface area contributed by atoms with Gasteiger partial charge < -0.3 is 0 Å². The average molecular weight is 211 g/mol. The Labute approximate surface area is 86.4 Å². The first kappa shape index (κ1) is 10.3. The van der Waals surface area contributed by atoms with E-state index < -0.39 is 11.7 Å². The fraction of sp³-hybridized carbons (Fsp3) is 0.333. The van der Waals surface area contributed by atoms with Crippen molar-refractivity contribution in [2.75, 3.05) is 0 Å². The van der Waals surface area contributed by atoms with Crippen molar-refractivity contribution in [2.24, 2.45) is 0 Å². The van der Waals surface area contributed by atoms with E-state index in [0.29, 0.717) is 11.1 Å². The maximum absolute atomic E-state index is 12.7. The van der Waals surface area contributed by atoms with Crippen LogP contribution in [0.25, 0.3) is 0 Å². The van der Waals surface area contributed by atoms with Crippen LogP contribution in [0.2, 0.25) is 0 Å². The van der Waals surface area contributed by atoms with E-state index in [9.17, 15) is 13.2 Å². The molecule has 0 nitrogen and oxygen atoms in total. The lowest BCUT2D eigenvalue weighted by atomic mass is 10.00. The van der Waals surface area contributed by atoms with Crippen molar-refractivity contribution in [1.82, 2.24) is 0 Å². The van der Waals surface area contributed by atoms with Crippen molar-refractivity contribution >= 4 is 0 Å². The molecule has 0 amide bonds. The van der Waals surface area contributed by atoms with Gasteiger partial charge in [-0.15, -0.1) is 0 Å². The second-order valence-corrected chi connectivity index (χ2v) is 3.75. The van der Waals surface area contributed by atoms with Crippen LogP contribution in [0, 0.1) is 6.08 Å². The van der Waals surface area contributed by atoms with Gasteiger partial charge in [0.2, 0.25) is 0 Å². The molecule has 15 heavy (non-hydrogen) atoms. The molecule has 0 aliphatic heterocycles. The molecule has 1 aromatic rings. The molecule has 1 radical (unpaired) electrons. The molecule has 2 rings (SSSR count). The lowest BCUT2D eigenvalue weighted by molar-refractivity contribution is -0.138. The summed E-state index contributed by atoms with van der Waals surface area (Å²) in [5, 5.41) is 0. The van der Waals surface area contributed by atoms with Crippen LogP contribution in [0.15, 0.2) is 24.8 Å². The van der Waals surface area contributed by atoms with Crippen molar-refractivity contribution in [2.45, 2.75) is 24.9 Å². The van der Waals surface area contributed by atoms with Crippen LogP contribution in [0.1, 0.15) is 35.4 Å². The third-order valence-corrected chi connectivity index (χ3v) is 2.58. The van der Waals surface area contributed by atoms with E-state index in [0.717, 1.165) is 18.9 Å². The van der Waals surface area contributed by atoms with Crippen LogP contribution < -0.4 is 0 Å². The smallest absolute Gasteiger partial charge is 0.166 e. The first-order valence-electron chi connectivity index (χ1n) is 4.76. The number of hydrogen-bond acceptors (Lipinski definition) is 0. The average Bonchev–Trinajstić information content (AvgIpc) is 2.99. The lowest BCUT2D eigenvalue weighted by Gasteiger charge is -2.12. The Bertz CT molecular complexity index is 386. The van der Waals surface area contributed by atoms with E-state index in [1.165, 1.54) is 0 Å². The van der Waals surface area contributed by atoms with Gasteiger partial charge in [-0.3, -0.25) is 0 Å². The SMILES string of the molecule is C=[C]c1ccc(C2CC2)c(C(F)(F)F)c1. The molecule has 0 spiro atoms. The van der Waals surface area contributed by atoms with E-state index in [1.54, 1.807) is 12.1 Å². The molecule has 0 heterocycles. The third kappa shape index (κ3) is 2.06. The second kappa shape index (κ2) is 3.40. The Balaban J connectivity index is 2.50. The van der Waals surface area contributed by atoms with Gasteiger partial charge in [-0.1, -0.05) is 18.7 Å². The molecule has 0 atom stereocenters. The topological polar surface area (TPSA) is 0 Å². The van der Waals surface area contributed by atoms with E-state index in [4.69, 9.17) is 0 Å². The molecule has 0 saturated heterocycles. The van der Waals surface area contributed by atoms with Crippen LogP contribution in [0.4, 0.5) is 13.2 Å². The van der Waals surface area contributed by atoms with Crippen molar-refractivity contribution in [1.29, 1.82) is 0 Å². The largest absolute Gasteiger partial charge is 0.416 e. The quantitative estimate of drug-likeness (QED) is 0.695. The molecular weight excluding hydrogens is 201 g/mol. The van der Waals surface area contributed by atoms with E-state index in [1.807, 2.05) is 0 Å². The van der Waals surface area contributed by atoms with E-state index in [2.05, 4.69) is 12.7 Å². The molecule has 1 aliphatic rings. The van der Waals surface area contributed by atoms with Gasteiger partial charge in [-0.2, -0.15) is 13.2 Å². The Kier molecular flexibility index (Phi) is 2.33. The number of benzene rings is 1. The zero-order valence-electron chi connectivity index (χ0n) is 8.06. The molecule has 0 N–H and O–H groups in total. The standard InChI is InChI=1S/C12H10F3/c1-2-8-3-6-10(9-4-5-9)11(7-8)12(13,14)15/h3,6-7,9H,1,4-5H2. The van der Waals surface area contributed by atoms with Crippen LogP contribution in [0.5, 0.6) is 0 Å². The van der Waals surface area contributed by atoms with Crippen LogP contribution in [-0.4, -0.2) is 0 Å². The van der Waals surface area contributed by atoms with Gasteiger partial charge in [0.1, 0.15) is 0 Å². The fourth-order valence-corrected chi connectivity index (χ4v) is 1.66. The minimum atomic E-state index is -4.27. The number of hydrogen-bond donors (Lipinski definition) is 0. The van der Waals surface area contributed by atoms with Gasteiger partial charge in [-0.25, -0.2) is 0 Å². The van der Waals surface area contributed by atoms with Crippen LogP contribution >= 0.6 is 0 Å². The zero-order valence-corrected chi connectivity index (χ0v) is 8.06. The summed E-state index contributed by atoms with van der Waals surface area (Å²) in [6, 6.07) is 4.31. The summed E-state index contributed by atoms with van der Waals surface area (Å²) < 4.78 is 38.1. The molecule has 1 fully saturated rings. The second-order valence-electron chi connectivity index (χ2n) is 3.75. The first-order valence-corrected chi connectivity index (χ1v) is 4.76. The zero-order chi connectivity index (χ0) is 11.1. The molecule has 1 saturated carbocycles. The molecule has 0 bridgehead atoms. The van der Waals surface area contributed by atoms with Gasteiger partial charge in [0, 0.05) is 0 Å². The van der Waals surface area contributed by atoms with Gasteiger partial charge >= 0.3 is 6.18 Å². The van der Waals surface area contributed by atoms with Crippen molar-refractivity contribution in [3.63, 3.8) is 0 Å².